The molecule has 1 aliphatic heterocycles. The van der Waals surface area contributed by atoms with Crippen LogP contribution in [-0.4, -0.2) is 67.1 Å². The Morgan fingerprint density at radius 3 is 2.13 bits per heavy atom. The standard InChI is InChI=1S/C17H19F3O10S/c1-8(21)27-7-12-16(28-9(2)22)14(24)13(23)15(29-12)10-3-5-11(6-4-10)30-31(25,26)17(18,19)20/h3-6,12-16,23-24H,7H2,1-2H3/t12-,13+,14-,15?,16-/m1/s1. The van der Waals surface area contributed by atoms with Crippen molar-refractivity contribution in [3.05, 3.63) is 29.8 Å². The van der Waals surface area contributed by atoms with Crippen molar-refractivity contribution in [2.24, 2.45) is 0 Å². The van der Waals surface area contributed by atoms with Crippen molar-refractivity contribution >= 4 is 22.1 Å². The van der Waals surface area contributed by atoms with Crippen LogP contribution in [0.4, 0.5) is 13.2 Å². The summed E-state index contributed by atoms with van der Waals surface area (Å²) in [5, 5.41) is 20.8. The van der Waals surface area contributed by atoms with Gasteiger partial charge in [0.05, 0.1) is 0 Å². The monoisotopic (exact) mass is 472 g/mol. The Morgan fingerprint density at radius 1 is 1.06 bits per heavy atom. The van der Waals surface area contributed by atoms with Crippen LogP contribution in [0.1, 0.15) is 25.5 Å². The Bertz CT molecular complexity index is 900. The van der Waals surface area contributed by atoms with Gasteiger partial charge in [0.1, 0.15) is 36.8 Å². The van der Waals surface area contributed by atoms with Crippen LogP contribution >= 0.6 is 0 Å². The number of ether oxygens (including phenoxy) is 3. The molecule has 0 radical (unpaired) electrons. The van der Waals surface area contributed by atoms with Gasteiger partial charge in [0.2, 0.25) is 0 Å². The highest BCUT2D eigenvalue weighted by Crippen LogP contribution is 2.35. The second-order valence-corrected chi connectivity index (χ2v) is 8.04. The highest BCUT2D eigenvalue weighted by atomic mass is 32.2. The summed E-state index contributed by atoms with van der Waals surface area (Å²) in [6.45, 7) is 1.74. The van der Waals surface area contributed by atoms with Gasteiger partial charge in [-0.05, 0) is 17.7 Å². The van der Waals surface area contributed by atoms with E-state index in [0.29, 0.717) is 0 Å². The van der Waals surface area contributed by atoms with Gasteiger partial charge >= 0.3 is 27.6 Å². The van der Waals surface area contributed by atoms with Gasteiger partial charge in [0.25, 0.3) is 0 Å². The Morgan fingerprint density at radius 2 is 1.65 bits per heavy atom. The first-order valence-corrected chi connectivity index (χ1v) is 10.1. The van der Waals surface area contributed by atoms with Crippen molar-refractivity contribution in [2.45, 2.75) is 49.9 Å². The van der Waals surface area contributed by atoms with Crippen molar-refractivity contribution in [2.75, 3.05) is 6.61 Å². The molecule has 5 atom stereocenters. The quantitative estimate of drug-likeness (QED) is 0.342. The summed E-state index contributed by atoms with van der Waals surface area (Å²) in [4.78, 5) is 22.4. The Balaban J connectivity index is 2.24. The van der Waals surface area contributed by atoms with Gasteiger partial charge in [-0.2, -0.15) is 21.6 Å². The number of carbonyl (C=O) groups excluding carboxylic acids is 2. The van der Waals surface area contributed by atoms with E-state index in [9.17, 15) is 41.4 Å². The third-order valence-electron chi connectivity index (χ3n) is 4.14. The zero-order chi connectivity index (χ0) is 23.6. The Labute approximate surface area is 174 Å². The van der Waals surface area contributed by atoms with Crippen molar-refractivity contribution in [1.82, 2.24) is 0 Å². The van der Waals surface area contributed by atoms with Crippen LogP contribution in [0, 0.1) is 0 Å². The lowest BCUT2D eigenvalue weighted by molar-refractivity contribution is -0.242. The predicted octanol–water partition coefficient (Wildman–Crippen LogP) is 0.572. The fraction of sp³-hybridized carbons (Fsp3) is 0.529. The molecule has 14 heteroatoms. The predicted molar refractivity (Wildman–Crippen MR) is 93.9 cm³/mol. The molecule has 1 fully saturated rings. The number of esters is 2. The van der Waals surface area contributed by atoms with Crippen LogP contribution in [0.25, 0.3) is 0 Å². The summed E-state index contributed by atoms with van der Waals surface area (Å²) >= 11 is 0. The lowest BCUT2D eigenvalue weighted by atomic mass is 9.91. The van der Waals surface area contributed by atoms with Gasteiger partial charge in [-0.3, -0.25) is 9.59 Å². The average molecular weight is 472 g/mol. The van der Waals surface area contributed by atoms with Gasteiger partial charge in [-0.15, -0.1) is 0 Å². The number of aliphatic hydroxyl groups is 2. The maximum absolute atomic E-state index is 12.4. The van der Waals surface area contributed by atoms with E-state index >= 15 is 0 Å². The van der Waals surface area contributed by atoms with Crippen LogP contribution in [0.5, 0.6) is 5.75 Å². The fourth-order valence-corrected chi connectivity index (χ4v) is 3.23. The van der Waals surface area contributed by atoms with Crippen molar-refractivity contribution < 1.29 is 59.8 Å². The molecule has 1 unspecified atom stereocenters. The highest BCUT2D eigenvalue weighted by molar-refractivity contribution is 7.88. The van der Waals surface area contributed by atoms with Crippen LogP contribution in [0.15, 0.2) is 24.3 Å². The molecule has 0 bridgehead atoms. The molecular weight excluding hydrogens is 453 g/mol. The summed E-state index contributed by atoms with van der Waals surface area (Å²) in [5.41, 5.74) is -5.49. The van der Waals surface area contributed by atoms with Gasteiger partial charge in [0.15, 0.2) is 6.10 Å². The Hall–Kier alpha value is -2.42. The van der Waals surface area contributed by atoms with Crippen molar-refractivity contribution in [1.29, 1.82) is 0 Å². The maximum Gasteiger partial charge on any atom is 0.534 e. The topological polar surface area (TPSA) is 146 Å². The second kappa shape index (κ2) is 9.38. The van der Waals surface area contributed by atoms with Gasteiger partial charge < -0.3 is 28.6 Å². The minimum Gasteiger partial charge on any atom is -0.463 e. The van der Waals surface area contributed by atoms with Crippen LogP contribution < -0.4 is 4.18 Å². The molecule has 1 aromatic rings. The van der Waals surface area contributed by atoms with Gasteiger partial charge in [-0.25, -0.2) is 0 Å². The van der Waals surface area contributed by atoms with E-state index in [-0.39, 0.29) is 5.56 Å². The molecule has 0 amide bonds. The zero-order valence-corrected chi connectivity index (χ0v) is 16.9. The van der Waals surface area contributed by atoms with E-state index in [1.807, 2.05) is 0 Å². The minimum absolute atomic E-state index is 0.123. The van der Waals surface area contributed by atoms with Crippen molar-refractivity contribution in [3.63, 3.8) is 0 Å². The molecule has 0 aliphatic carbocycles. The molecule has 174 valence electrons. The summed E-state index contributed by atoms with van der Waals surface area (Å²) in [6, 6.07) is 3.99. The molecule has 1 aromatic carbocycles. The van der Waals surface area contributed by atoms with Gasteiger partial charge in [0, 0.05) is 13.8 Å². The number of alkyl halides is 3. The number of halogens is 3. The number of hydrogen-bond donors (Lipinski definition) is 2. The van der Waals surface area contributed by atoms with E-state index in [0.717, 1.165) is 38.1 Å². The Kier molecular flexibility index (Phi) is 7.52. The maximum atomic E-state index is 12.4. The number of benzene rings is 1. The SMILES string of the molecule is CC(=O)OC[C@H]1OC(c2ccc(OS(=O)(=O)C(F)(F)F)cc2)[C@@H](O)[C@@H](O)[C@@H]1OC(C)=O. The van der Waals surface area contributed by atoms with E-state index in [1.54, 1.807) is 0 Å². The minimum atomic E-state index is -5.87. The second-order valence-electron chi connectivity index (χ2n) is 6.51. The first-order valence-electron chi connectivity index (χ1n) is 8.66. The third-order valence-corrected chi connectivity index (χ3v) is 5.11. The van der Waals surface area contributed by atoms with E-state index in [1.165, 1.54) is 0 Å². The summed E-state index contributed by atoms with van der Waals surface area (Å²) in [5.74, 6) is -2.13. The molecule has 2 N–H and O–H groups in total. The lowest BCUT2D eigenvalue weighted by Gasteiger charge is -2.42. The zero-order valence-electron chi connectivity index (χ0n) is 16.1. The number of hydrogen-bond acceptors (Lipinski definition) is 10. The molecule has 0 saturated carbocycles. The highest BCUT2D eigenvalue weighted by Gasteiger charge is 2.49. The van der Waals surface area contributed by atoms with Crippen LogP contribution in [0.3, 0.4) is 0 Å². The van der Waals surface area contributed by atoms with E-state index < -0.39 is 70.4 Å². The number of rotatable bonds is 6. The lowest BCUT2D eigenvalue weighted by Crippen LogP contribution is -2.57. The third kappa shape index (κ3) is 6.06. The smallest absolute Gasteiger partial charge is 0.463 e. The molecule has 1 saturated heterocycles. The van der Waals surface area contributed by atoms with Crippen molar-refractivity contribution in [3.8, 4) is 5.75 Å². The molecule has 10 nitrogen and oxygen atoms in total. The summed E-state index contributed by atoms with van der Waals surface area (Å²) < 4.78 is 78.8. The van der Waals surface area contributed by atoms with E-state index in [2.05, 4.69) is 4.18 Å². The van der Waals surface area contributed by atoms with E-state index in [4.69, 9.17) is 14.2 Å². The molecular formula is C17H19F3O10S. The largest absolute Gasteiger partial charge is 0.534 e. The first kappa shape index (κ1) is 24.8. The van der Waals surface area contributed by atoms with Crippen LogP contribution in [0.2, 0.25) is 0 Å². The number of carbonyl (C=O) groups is 2. The molecule has 1 aliphatic rings. The molecule has 31 heavy (non-hydrogen) atoms. The van der Waals surface area contributed by atoms with Crippen LogP contribution in [-0.2, 0) is 33.9 Å². The van der Waals surface area contributed by atoms with Gasteiger partial charge in [-0.1, -0.05) is 12.1 Å². The first-order chi connectivity index (χ1) is 14.2. The fourth-order valence-electron chi connectivity index (χ4n) is 2.77. The average Bonchev–Trinajstić information content (AvgIpc) is 2.64. The summed E-state index contributed by atoms with van der Waals surface area (Å²) in [6.07, 6.45) is -7.15. The molecule has 0 spiro atoms. The number of aliphatic hydroxyl groups excluding tert-OH is 2. The normalized spacial score (nSPS) is 26.7. The molecule has 0 aromatic heterocycles. The molecule has 1 heterocycles. The molecule has 2 rings (SSSR count). The summed E-state index contributed by atoms with van der Waals surface area (Å²) in [7, 11) is -5.87.